The Morgan fingerprint density at radius 2 is 1.76 bits per heavy atom. The lowest BCUT2D eigenvalue weighted by molar-refractivity contribution is -0.123. The van der Waals surface area contributed by atoms with Crippen molar-refractivity contribution in [1.82, 2.24) is 4.98 Å². The number of H-pyrrole nitrogens is 1. The van der Waals surface area contributed by atoms with Crippen molar-refractivity contribution in [2.75, 3.05) is 11.5 Å². The number of nitrogens with zero attached hydrogens (tertiary/aromatic N) is 1. The maximum Gasteiger partial charge on any atom is 0.338 e. The first-order valence-electron chi connectivity index (χ1n) is 12.7. The van der Waals surface area contributed by atoms with Crippen LogP contribution in [-0.4, -0.2) is 39.7 Å². The molecule has 2 saturated carbocycles. The molecule has 0 spiro atoms. The molecule has 2 bridgehead atoms. The number of phenols is 1. The third-order valence-corrected chi connectivity index (χ3v) is 11.2. The summed E-state index contributed by atoms with van der Waals surface area (Å²) in [5.41, 5.74) is 1.58. The summed E-state index contributed by atoms with van der Waals surface area (Å²) < 4.78 is 5.04. The van der Waals surface area contributed by atoms with Gasteiger partial charge in [0.2, 0.25) is 11.8 Å². The maximum atomic E-state index is 13.8. The highest BCUT2D eigenvalue weighted by atomic mass is 32.2. The number of hydrogen-bond donors (Lipinski definition) is 2. The molecule has 2 aliphatic heterocycles. The predicted octanol–water partition coefficient (Wildman–Crippen LogP) is 4.00. The van der Waals surface area contributed by atoms with Crippen LogP contribution in [0.15, 0.2) is 58.4 Å². The topological polar surface area (TPSA) is 117 Å². The molecule has 2 aromatic carbocycles. The van der Waals surface area contributed by atoms with E-state index in [1.54, 1.807) is 55.1 Å². The molecular weight excluding hydrogens is 524 g/mol. The number of aromatic amines is 1. The minimum Gasteiger partial charge on any atom is -0.508 e. The van der Waals surface area contributed by atoms with Crippen molar-refractivity contribution in [3.8, 4) is 5.75 Å². The van der Waals surface area contributed by atoms with E-state index in [0.717, 1.165) is 21.9 Å². The van der Waals surface area contributed by atoms with E-state index in [1.165, 1.54) is 16.2 Å². The van der Waals surface area contributed by atoms with Gasteiger partial charge in [-0.1, -0.05) is 29.5 Å². The zero-order chi connectivity index (χ0) is 26.3. The SMILES string of the molecule is CCOC(=O)c1ccc(N2C(=O)[C@@H]3[C@H]4C[C@@H]([C@@H]3C2=O)[C@H]2[C@@H](c3ccccc3O)c3sc(=O)[nH]c3S[C@H]42)cc1. The van der Waals surface area contributed by atoms with Crippen molar-refractivity contribution in [2.24, 2.45) is 29.6 Å². The summed E-state index contributed by atoms with van der Waals surface area (Å²) >= 11 is 2.78. The highest BCUT2D eigenvalue weighted by Gasteiger charge is 2.69. The van der Waals surface area contributed by atoms with Gasteiger partial charge in [0.25, 0.3) is 0 Å². The number of ether oxygens (including phenoxy) is 1. The second kappa shape index (κ2) is 8.57. The number of nitrogens with one attached hydrogen (secondary N) is 1. The van der Waals surface area contributed by atoms with Crippen LogP contribution in [0.2, 0.25) is 0 Å². The number of amides is 2. The van der Waals surface area contributed by atoms with Crippen LogP contribution in [-0.2, 0) is 14.3 Å². The lowest BCUT2D eigenvalue weighted by Gasteiger charge is -2.43. The maximum absolute atomic E-state index is 13.8. The summed E-state index contributed by atoms with van der Waals surface area (Å²) in [5, 5.41) is 11.7. The number of phenolic OH excluding ortho intramolecular Hbond substituents is 1. The molecule has 4 aliphatic rings. The van der Waals surface area contributed by atoms with Crippen LogP contribution in [0.25, 0.3) is 0 Å². The Morgan fingerprint density at radius 3 is 2.47 bits per heavy atom. The van der Waals surface area contributed by atoms with Crippen LogP contribution in [0.5, 0.6) is 5.75 Å². The van der Waals surface area contributed by atoms with E-state index in [9.17, 15) is 24.3 Å². The summed E-state index contributed by atoms with van der Waals surface area (Å²) in [7, 11) is 0. The third-order valence-electron chi connectivity index (χ3n) is 8.63. The van der Waals surface area contributed by atoms with Gasteiger partial charge in [0.05, 0.1) is 34.7 Å². The second-order valence-electron chi connectivity index (χ2n) is 10.3. The van der Waals surface area contributed by atoms with Gasteiger partial charge in [-0.25, -0.2) is 4.79 Å². The Kier molecular flexibility index (Phi) is 5.35. The predicted molar refractivity (Wildman–Crippen MR) is 141 cm³/mol. The number of thioether (sulfide) groups is 1. The molecule has 0 radical (unpaired) electrons. The molecule has 7 atom stereocenters. The number of anilines is 1. The molecule has 194 valence electrons. The number of thiazole rings is 1. The Balaban J connectivity index is 1.26. The first-order chi connectivity index (χ1) is 18.4. The van der Waals surface area contributed by atoms with Crippen molar-refractivity contribution in [3.05, 3.63) is 74.2 Å². The second-order valence-corrected chi connectivity index (χ2v) is 12.5. The van der Waals surface area contributed by atoms with Gasteiger partial charge in [0.1, 0.15) is 5.75 Å². The van der Waals surface area contributed by atoms with E-state index in [1.807, 2.05) is 12.1 Å². The average Bonchev–Trinajstić information content (AvgIpc) is 3.64. The van der Waals surface area contributed by atoms with Crippen molar-refractivity contribution < 1.29 is 24.2 Å². The van der Waals surface area contributed by atoms with Gasteiger partial charge >= 0.3 is 10.8 Å². The first kappa shape index (κ1) is 23.7. The Bertz CT molecular complexity index is 1550. The summed E-state index contributed by atoms with van der Waals surface area (Å²) in [6.45, 7) is 2.00. The fraction of sp³-hybridized carbons (Fsp3) is 0.357. The van der Waals surface area contributed by atoms with Crippen LogP contribution in [0, 0.1) is 29.6 Å². The number of hydrogen-bond acceptors (Lipinski definition) is 8. The number of imide groups is 1. The van der Waals surface area contributed by atoms with Gasteiger partial charge in [-0.2, -0.15) is 0 Å². The van der Waals surface area contributed by atoms with E-state index in [4.69, 9.17) is 4.74 Å². The third kappa shape index (κ3) is 3.22. The van der Waals surface area contributed by atoms with Crippen molar-refractivity contribution in [2.45, 2.75) is 29.5 Å². The van der Waals surface area contributed by atoms with Gasteiger partial charge in [0, 0.05) is 21.6 Å². The van der Waals surface area contributed by atoms with Crippen LogP contribution in [0.4, 0.5) is 5.69 Å². The quantitative estimate of drug-likeness (QED) is 0.374. The zero-order valence-corrected chi connectivity index (χ0v) is 22.0. The molecule has 1 aromatic heterocycles. The monoisotopic (exact) mass is 548 g/mol. The van der Waals surface area contributed by atoms with E-state index in [0.29, 0.717) is 11.3 Å². The number of para-hydroxylation sites is 1. The summed E-state index contributed by atoms with van der Waals surface area (Å²) in [6, 6.07) is 13.6. The number of rotatable bonds is 4. The molecule has 8 nitrogen and oxygen atoms in total. The molecule has 1 saturated heterocycles. The standard InChI is InChI=1S/C28H24N2O6S2/c1-2-36-27(34)12-7-9-13(10-8-12)30-25(32)20-15-11-16(21(20)26(30)33)22-19(15)18(14-5-3-4-6-17(14)31)23-24(37-22)29-28(35)38-23/h3-10,15-16,18-22,31H,2,11H2,1H3,(H,29,35)/t15-,16-,18-,19+,20+,21-,22-/m1/s1. The highest BCUT2D eigenvalue weighted by molar-refractivity contribution is 8.00. The fourth-order valence-electron chi connectivity index (χ4n) is 7.33. The molecule has 2 amide bonds. The Morgan fingerprint density at radius 1 is 1.05 bits per heavy atom. The van der Waals surface area contributed by atoms with Crippen LogP contribution < -0.4 is 9.77 Å². The van der Waals surface area contributed by atoms with Crippen molar-refractivity contribution in [1.29, 1.82) is 0 Å². The van der Waals surface area contributed by atoms with Crippen molar-refractivity contribution >= 4 is 46.6 Å². The summed E-state index contributed by atoms with van der Waals surface area (Å²) in [4.78, 5) is 57.0. The molecular formula is C28H24N2O6S2. The van der Waals surface area contributed by atoms with Gasteiger partial charge < -0.3 is 14.8 Å². The molecule has 38 heavy (non-hydrogen) atoms. The number of carbonyl (C=O) groups excluding carboxylic acids is 3. The zero-order valence-electron chi connectivity index (χ0n) is 20.3. The van der Waals surface area contributed by atoms with Gasteiger partial charge in [-0.05, 0) is 61.4 Å². The van der Waals surface area contributed by atoms with Gasteiger partial charge in [0.15, 0.2) is 0 Å². The molecule has 3 fully saturated rings. The van der Waals surface area contributed by atoms with E-state index in [2.05, 4.69) is 4.98 Å². The molecule has 0 unspecified atom stereocenters. The number of fused-ring (bicyclic) bond motifs is 9. The minimum atomic E-state index is -0.449. The number of aromatic nitrogens is 1. The largest absolute Gasteiger partial charge is 0.508 e. The smallest absolute Gasteiger partial charge is 0.338 e. The number of aromatic hydroxyl groups is 1. The van der Waals surface area contributed by atoms with Crippen LogP contribution in [0.1, 0.15) is 40.1 Å². The summed E-state index contributed by atoms with van der Waals surface area (Å²) in [5.74, 6) is -1.79. The molecule has 3 heterocycles. The number of esters is 1. The molecule has 10 heteroatoms. The number of benzene rings is 2. The molecule has 7 rings (SSSR count). The minimum absolute atomic E-state index is 0.00911. The lowest BCUT2D eigenvalue weighted by Crippen LogP contribution is -2.42. The molecule has 2 N–H and O–H groups in total. The van der Waals surface area contributed by atoms with Crippen LogP contribution >= 0.6 is 23.1 Å². The highest BCUT2D eigenvalue weighted by Crippen LogP contribution is 2.69. The lowest BCUT2D eigenvalue weighted by atomic mass is 9.68. The van der Waals surface area contributed by atoms with E-state index in [-0.39, 0.29) is 58.0 Å². The Labute approximate surface area is 226 Å². The van der Waals surface area contributed by atoms with Gasteiger partial charge in [-0.3, -0.25) is 19.3 Å². The van der Waals surface area contributed by atoms with Crippen LogP contribution in [0.3, 0.4) is 0 Å². The normalized spacial score (nSPS) is 30.8. The molecule has 2 aliphatic carbocycles. The first-order valence-corrected chi connectivity index (χ1v) is 14.4. The van der Waals surface area contributed by atoms with E-state index >= 15 is 0 Å². The van der Waals surface area contributed by atoms with Crippen molar-refractivity contribution in [3.63, 3.8) is 0 Å². The number of carbonyl (C=O) groups is 3. The summed E-state index contributed by atoms with van der Waals surface area (Å²) in [6.07, 6.45) is 0.772. The fourth-order valence-corrected chi connectivity index (χ4v) is 10.2. The molecule has 3 aromatic rings. The van der Waals surface area contributed by atoms with E-state index < -0.39 is 17.8 Å². The van der Waals surface area contributed by atoms with Gasteiger partial charge in [-0.15, -0.1) is 11.8 Å². The average molecular weight is 549 g/mol. The Hall–Kier alpha value is -3.37.